The number of aliphatic hydroxyl groups is 4. The van der Waals surface area contributed by atoms with Crippen LogP contribution in [-0.4, -0.2) is 64.8 Å². The first-order chi connectivity index (χ1) is 19.5. The number of aliphatic hydroxyl groups excluding tert-OH is 4. The van der Waals surface area contributed by atoms with E-state index in [1.165, 1.54) is 24.0 Å². The predicted octanol–water partition coefficient (Wildman–Crippen LogP) is -0.807. The molecule has 15 heteroatoms. The van der Waals surface area contributed by atoms with Crippen LogP contribution in [0.1, 0.15) is 24.0 Å². The molecule has 3 heterocycles. The summed E-state index contributed by atoms with van der Waals surface area (Å²) in [5.41, 5.74) is 1.95. The fraction of sp³-hybridized carbons (Fsp3) is 0.231. The van der Waals surface area contributed by atoms with Crippen LogP contribution in [0, 0.1) is 0 Å². The average Bonchev–Trinajstić information content (AvgIpc) is 2.92. The molecule has 1 aliphatic heterocycles. The van der Waals surface area contributed by atoms with E-state index in [0.717, 1.165) is 0 Å². The van der Waals surface area contributed by atoms with Crippen LogP contribution >= 0.6 is 0 Å². The molecule has 1 unspecified atom stereocenters. The number of rotatable bonds is 7. The van der Waals surface area contributed by atoms with Crippen LogP contribution in [0.3, 0.4) is 0 Å². The molecule has 0 bridgehead atoms. The van der Waals surface area contributed by atoms with E-state index in [1.807, 2.05) is 9.97 Å². The van der Waals surface area contributed by atoms with Crippen molar-refractivity contribution in [1.29, 1.82) is 0 Å². The minimum atomic E-state index is -2.05. The highest BCUT2D eigenvalue weighted by molar-refractivity contribution is 5.80. The standard InChI is InChI=1S/C26H26N6O9/c1-10(33)18(34)20(36)19(35)15-16-21(28-25(39)30-23(16)37)32(22-17(15)24(38)31-26(40)29-22)12-4-8-14(9-5-12)41-13-6-2-11(27)3-7-13/h2-10,15,18-20,33-36H,27H2,1H3,(H2,28,30,37,39)(H2,29,31,38,40)/t10?,18-,19-,20-/m0/s1. The third-order valence-corrected chi connectivity index (χ3v) is 6.73. The van der Waals surface area contributed by atoms with Gasteiger partial charge in [-0.25, -0.2) is 9.59 Å². The molecule has 0 radical (unpaired) electrons. The number of benzene rings is 2. The third kappa shape index (κ3) is 5.05. The second-order valence-electron chi connectivity index (χ2n) is 9.53. The SMILES string of the molecule is CC(O)[C@H](O)[C@H](O)[C@@H](O)C1c2c([nH]c(=O)[nH]c2=O)N(c2ccc(Oc3ccc(N)cc3)cc2)c2[nH]c(=O)[nH]c(=O)c21. The molecule has 1 aliphatic rings. The molecular weight excluding hydrogens is 540 g/mol. The van der Waals surface area contributed by atoms with Crippen LogP contribution in [0.2, 0.25) is 0 Å². The molecule has 5 rings (SSSR count). The molecule has 0 fully saturated rings. The first kappa shape index (κ1) is 27.6. The summed E-state index contributed by atoms with van der Waals surface area (Å²) in [4.78, 5) is 61.3. The lowest BCUT2D eigenvalue weighted by Gasteiger charge is -2.38. The zero-order valence-corrected chi connectivity index (χ0v) is 21.4. The summed E-state index contributed by atoms with van der Waals surface area (Å²) < 4.78 is 5.80. The van der Waals surface area contributed by atoms with Crippen LogP contribution in [0.5, 0.6) is 11.5 Å². The molecule has 41 heavy (non-hydrogen) atoms. The van der Waals surface area contributed by atoms with E-state index >= 15 is 0 Å². The number of fused-ring (bicyclic) bond motifs is 2. The molecule has 2 aromatic heterocycles. The molecule has 0 aliphatic carbocycles. The summed E-state index contributed by atoms with van der Waals surface area (Å²) >= 11 is 0. The van der Waals surface area contributed by atoms with Gasteiger partial charge in [0.15, 0.2) is 0 Å². The summed E-state index contributed by atoms with van der Waals surface area (Å²) in [5, 5.41) is 41.7. The van der Waals surface area contributed by atoms with E-state index in [1.54, 1.807) is 36.4 Å². The number of aromatic amines is 4. The van der Waals surface area contributed by atoms with Crippen LogP contribution < -0.4 is 37.9 Å². The fourth-order valence-corrected chi connectivity index (χ4v) is 4.77. The van der Waals surface area contributed by atoms with E-state index in [4.69, 9.17) is 10.5 Å². The Balaban J connectivity index is 1.68. The van der Waals surface area contributed by atoms with Crippen LogP contribution in [0.4, 0.5) is 23.0 Å². The second kappa shape index (κ2) is 10.5. The zero-order chi connectivity index (χ0) is 29.6. The van der Waals surface area contributed by atoms with Gasteiger partial charge < -0.3 is 30.9 Å². The largest absolute Gasteiger partial charge is 0.457 e. The molecule has 214 valence electrons. The summed E-state index contributed by atoms with van der Waals surface area (Å²) in [5.74, 6) is -1.20. The predicted molar refractivity (Wildman–Crippen MR) is 146 cm³/mol. The van der Waals surface area contributed by atoms with Crippen LogP contribution in [-0.2, 0) is 0 Å². The first-order valence-corrected chi connectivity index (χ1v) is 12.3. The van der Waals surface area contributed by atoms with Gasteiger partial charge in [0, 0.05) is 11.4 Å². The molecule has 15 nitrogen and oxygen atoms in total. The molecule has 10 N–H and O–H groups in total. The minimum Gasteiger partial charge on any atom is -0.457 e. The van der Waals surface area contributed by atoms with E-state index < -0.39 is 52.8 Å². The van der Waals surface area contributed by atoms with E-state index in [0.29, 0.717) is 17.2 Å². The van der Waals surface area contributed by atoms with Gasteiger partial charge in [0.05, 0.1) is 29.3 Å². The number of hydrogen-bond donors (Lipinski definition) is 9. The lowest BCUT2D eigenvalue weighted by atomic mass is 9.81. The van der Waals surface area contributed by atoms with Gasteiger partial charge in [-0.3, -0.25) is 34.4 Å². The Bertz CT molecular complexity index is 1730. The van der Waals surface area contributed by atoms with Crippen molar-refractivity contribution in [3.63, 3.8) is 0 Å². The maximum absolute atomic E-state index is 13.2. The van der Waals surface area contributed by atoms with Gasteiger partial charge in [0.2, 0.25) is 0 Å². The van der Waals surface area contributed by atoms with Crippen molar-refractivity contribution in [1.82, 2.24) is 19.9 Å². The highest BCUT2D eigenvalue weighted by Crippen LogP contribution is 2.46. The molecule has 0 amide bonds. The lowest BCUT2D eigenvalue weighted by molar-refractivity contribution is -0.103. The van der Waals surface area contributed by atoms with Crippen molar-refractivity contribution in [3.8, 4) is 11.5 Å². The Morgan fingerprint density at radius 2 is 1.20 bits per heavy atom. The normalized spacial score (nSPS) is 15.9. The number of H-pyrrole nitrogens is 4. The van der Waals surface area contributed by atoms with E-state index in [-0.39, 0.29) is 28.5 Å². The van der Waals surface area contributed by atoms with Crippen molar-refractivity contribution < 1.29 is 25.2 Å². The quantitative estimate of drug-likeness (QED) is 0.125. The second-order valence-corrected chi connectivity index (χ2v) is 9.53. The Morgan fingerprint density at radius 1 is 0.732 bits per heavy atom. The summed E-state index contributed by atoms with van der Waals surface area (Å²) in [6.07, 6.45) is -7.45. The van der Waals surface area contributed by atoms with Gasteiger partial charge in [0.1, 0.15) is 35.3 Å². The molecule has 4 atom stereocenters. The highest BCUT2D eigenvalue weighted by Gasteiger charge is 2.45. The van der Waals surface area contributed by atoms with Crippen molar-refractivity contribution in [2.24, 2.45) is 0 Å². The smallest absolute Gasteiger partial charge is 0.327 e. The third-order valence-electron chi connectivity index (χ3n) is 6.73. The number of hydrogen-bond acceptors (Lipinski definition) is 11. The minimum absolute atomic E-state index is 0.220. The molecule has 0 spiro atoms. The van der Waals surface area contributed by atoms with Crippen molar-refractivity contribution in [2.75, 3.05) is 10.6 Å². The number of ether oxygens (including phenoxy) is 1. The van der Waals surface area contributed by atoms with E-state index in [9.17, 15) is 39.6 Å². The molecule has 0 saturated carbocycles. The number of anilines is 4. The summed E-state index contributed by atoms with van der Waals surface area (Å²) in [6, 6.07) is 12.8. The first-order valence-electron chi connectivity index (χ1n) is 12.3. The topological polar surface area (TPSA) is 251 Å². The number of nitrogens with zero attached hydrogens (tertiary/aromatic N) is 1. The molecule has 0 saturated heterocycles. The van der Waals surface area contributed by atoms with Crippen molar-refractivity contribution >= 4 is 23.0 Å². The Hall–Kier alpha value is -4.96. The summed E-state index contributed by atoms with van der Waals surface area (Å²) in [7, 11) is 0. The van der Waals surface area contributed by atoms with Crippen LogP contribution in [0.15, 0.2) is 67.7 Å². The van der Waals surface area contributed by atoms with Gasteiger partial charge in [-0.2, -0.15) is 0 Å². The molecular formula is C26H26N6O9. The van der Waals surface area contributed by atoms with Crippen molar-refractivity contribution in [2.45, 2.75) is 37.3 Å². The maximum Gasteiger partial charge on any atom is 0.327 e. The summed E-state index contributed by atoms with van der Waals surface area (Å²) in [6.45, 7) is 1.17. The van der Waals surface area contributed by atoms with Gasteiger partial charge >= 0.3 is 11.4 Å². The number of aromatic nitrogens is 4. The molecule has 2 aromatic carbocycles. The Morgan fingerprint density at radius 3 is 1.66 bits per heavy atom. The lowest BCUT2D eigenvalue weighted by Crippen LogP contribution is -2.50. The average molecular weight is 567 g/mol. The van der Waals surface area contributed by atoms with Gasteiger partial charge in [-0.1, -0.05) is 0 Å². The van der Waals surface area contributed by atoms with Gasteiger partial charge in [0.25, 0.3) is 11.1 Å². The highest BCUT2D eigenvalue weighted by atomic mass is 16.5. The number of nitrogens with two attached hydrogens (primary N) is 1. The Labute approximate surface area is 229 Å². The fourth-order valence-electron chi connectivity index (χ4n) is 4.77. The molecule has 4 aromatic rings. The van der Waals surface area contributed by atoms with Crippen LogP contribution in [0.25, 0.3) is 0 Å². The monoisotopic (exact) mass is 566 g/mol. The van der Waals surface area contributed by atoms with Gasteiger partial charge in [-0.05, 0) is 55.5 Å². The maximum atomic E-state index is 13.2. The zero-order valence-electron chi connectivity index (χ0n) is 21.4. The Kier molecular flexibility index (Phi) is 7.10. The van der Waals surface area contributed by atoms with Crippen molar-refractivity contribution in [3.05, 3.63) is 101 Å². The number of nitrogen functional groups attached to an aromatic ring is 1. The number of nitrogens with one attached hydrogen (secondary N) is 4. The van der Waals surface area contributed by atoms with E-state index in [2.05, 4.69) is 9.97 Å². The van der Waals surface area contributed by atoms with Gasteiger partial charge in [-0.15, -0.1) is 0 Å².